The molecule has 0 spiro atoms. The van der Waals surface area contributed by atoms with Crippen LogP contribution in [0.5, 0.6) is 0 Å². The Kier molecular flexibility index (Phi) is 1.77. The minimum Gasteiger partial charge on any atom is -0.476 e. The van der Waals surface area contributed by atoms with Crippen molar-refractivity contribution in [1.29, 1.82) is 0 Å². The van der Waals surface area contributed by atoms with Crippen molar-refractivity contribution in [3.05, 3.63) is 18.1 Å². The molecule has 0 atom stereocenters. The number of H-pyrrole nitrogens is 1. The molecule has 0 aliphatic rings. The Balaban J connectivity index is 2.51. The lowest BCUT2D eigenvalue weighted by atomic mass is 10.2. The monoisotopic (exact) mass is 193 g/mol. The first-order valence-electron chi connectivity index (χ1n) is 3.81. The van der Waals surface area contributed by atoms with Gasteiger partial charge in [0, 0.05) is 18.8 Å². The van der Waals surface area contributed by atoms with Crippen LogP contribution in [0.4, 0.5) is 0 Å². The Morgan fingerprint density at radius 3 is 2.93 bits per heavy atom. The van der Waals surface area contributed by atoms with E-state index in [0.717, 1.165) is 0 Å². The second kappa shape index (κ2) is 2.95. The molecule has 7 heteroatoms. The molecule has 2 aromatic heterocycles. The third-order valence-corrected chi connectivity index (χ3v) is 1.73. The zero-order valence-electron chi connectivity index (χ0n) is 7.30. The topological polar surface area (TPSA) is 96.7 Å². The molecule has 0 radical (unpaired) electrons. The van der Waals surface area contributed by atoms with E-state index >= 15 is 0 Å². The van der Waals surface area contributed by atoms with Crippen LogP contribution in [0, 0.1) is 0 Å². The molecular formula is C7H7N5O2. The fourth-order valence-corrected chi connectivity index (χ4v) is 1.12. The molecule has 72 valence electrons. The molecule has 0 fully saturated rings. The predicted molar refractivity (Wildman–Crippen MR) is 45.5 cm³/mol. The lowest BCUT2D eigenvalue weighted by molar-refractivity contribution is 0.0691. The van der Waals surface area contributed by atoms with Gasteiger partial charge in [0.15, 0.2) is 5.69 Å². The fraction of sp³-hybridized carbons (Fsp3) is 0.143. The maximum Gasteiger partial charge on any atom is 0.358 e. The SMILES string of the molecule is Cn1cc(-c2n[nH]nc2C(=O)O)cn1. The van der Waals surface area contributed by atoms with Crippen LogP contribution >= 0.6 is 0 Å². The van der Waals surface area contributed by atoms with Crippen LogP contribution < -0.4 is 0 Å². The lowest BCUT2D eigenvalue weighted by Gasteiger charge is -1.90. The quantitative estimate of drug-likeness (QED) is 0.694. The number of carbonyl (C=O) groups is 1. The van der Waals surface area contributed by atoms with Crippen molar-refractivity contribution in [3.8, 4) is 11.3 Å². The molecule has 0 saturated heterocycles. The van der Waals surface area contributed by atoms with Crippen LogP contribution in [0.2, 0.25) is 0 Å². The highest BCUT2D eigenvalue weighted by Crippen LogP contribution is 2.17. The van der Waals surface area contributed by atoms with Crippen LogP contribution in [0.15, 0.2) is 12.4 Å². The Morgan fingerprint density at radius 1 is 1.57 bits per heavy atom. The largest absolute Gasteiger partial charge is 0.476 e. The molecule has 0 aliphatic heterocycles. The van der Waals surface area contributed by atoms with Gasteiger partial charge in [-0.25, -0.2) is 4.79 Å². The van der Waals surface area contributed by atoms with Crippen molar-refractivity contribution in [2.75, 3.05) is 0 Å². The maximum atomic E-state index is 10.7. The zero-order chi connectivity index (χ0) is 10.1. The van der Waals surface area contributed by atoms with Gasteiger partial charge in [0.25, 0.3) is 0 Å². The maximum absolute atomic E-state index is 10.7. The molecule has 0 aromatic carbocycles. The van der Waals surface area contributed by atoms with Gasteiger partial charge in [0.2, 0.25) is 0 Å². The first-order valence-corrected chi connectivity index (χ1v) is 3.81. The zero-order valence-corrected chi connectivity index (χ0v) is 7.30. The summed E-state index contributed by atoms with van der Waals surface area (Å²) >= 11 is 0. The van der Waals surface area contributed by atoms with E-state index in [1.54, 1.807) is 17.9 Å². The second-order valence-electron chi connectivity index (χ2n) is 2.73. The van der Waals surface area contributed by atoms with Gasteiger partial charge in [0.1, 0.15) is 5.69 Å². The molecule has 0 bridgehead atoms. The van der Waals surface area contributed by atoms with Gasteiger partial charge >= 0.3 is 5.97 Å². The van der Waals surface area contributed by atoms with Crippen molar-refractivity contribution in [2.24, 2.45) is 7.05 Å². The Bertz CT molecular complexity index is 472. The van der Waals surface area contributed by atoms with E-state index in [-0.39, 0.29) is 5.69 Å². The Labute approximate surface area is 78.4 Å². The molecule has 2 aromatic rings. The van der Waals surface area contributed by atoms with Crippen molar-refractivity contribution in [2.45, 2.75) is 0 Å². The summed E-state index contributed by atoms with van der Waals surface area (Å²) in [5.41, 5.74) is 0.822. The van der Waals surface area contributed by atoms with E-state index in [9.17, 15) is 4.79 Å². The fourth-order valence-electron chi connectivity index (χ4n) is 1.12. The smallest absolute Gasteiger partial charge is 0.358 e. The number of carboxylic acid groups (broad SMARTS) is 1. The lowest BCUT2D eigenvalue weighted by Crippen LogP contribution is -1.98. The summed E-state index contributed by atoms with van der Waals surface area (Å²) in [6, 6.07) is 0. The van der Waals surface area contributed by atoms with Gasteiger partial charge in [-0.1, -0.05) is 0 Å². The van der Waals surface area contributed by atoms with E-state index in [1.807, 2.05) is 0 Å². The van der Waals surface area contributed by atoms with Crippen molar-refractivity contribution in [1.82, 2.24) is 25.2 Å². The minimum absolute atomic E-state index is 0.0991. The average Bonchev–Trinajstić information content (AvgIpc) is 2.70. The van der Waals surface area contributed by atoms with Crippen LogP contribution in [-0.2, 0) is 7.05 Å². The normalized spacial score (nSPS) is 10.4. The molecule has 2 heterocycles. The van der Waals surface area contributed by atoms with E-state index in [4.69, 9.17) is 5.11 Å². The summed E-state index contributed by atoms with van der Waals surface area (Å²) in [4.78, 5) is 10.7. The first-order chi connectivity index (χ1) is 6.68. The van der Waals surface area contributed by atoms with Crippen molar-refractivity contribution in [3.63, 3.8) is 0 Å². The van der Waals surface area contributed by atoms with E-state index < -0.39 is 5.97 Å². The van der Waals surface area contributed by atoms with Gasteiger partial charge < -0.3 is 5.11 Å². The molecule has 7 nitrogen and oxygen atoms in total. The number of nitrogens with zero attached hydrogens (tertiary/aromatic N) is 4. The predicted octanol–water partition coefficient (Wildman–Crippen LogP) is -0.0966. The Morgan fingerprint density at radius 2 is 2.36 bits per heavy atom. The van der Waals surface area contributed by atoms with Crippen molar-refractivity contribution >= 4 is 5.97 Å². The highest BCUT2D eigenvalue weighted by Gasteiger charge is 2.17. The molecule has 0 saturated carbocycles. The van der Waals surface area contributed by atoms with E-state index in [2.05, 4.69) is 20.5 Å². The summed E-state index contributed by atoms with van der Waals surface area (Å²) in [6.07, 6.45) is 3.20. The highest BCUT2D eigenvalue weighted by atomic mass is 16.4. The van der Waals surface area contributed by atoms with Crippen molar-refractivity contribution < 1.29 is 9.90 Å². The second-order valence-corrected chi connectivity index (χ2v) is 2.73. The molecule has 2 rings (SSSR count). The van der Waals surface area contributed by atoms with Gasteiger partial charge in [0.05, 0.1) is 6.20 Å². The third-order valence-electron chi connectivity index (χ3n) is 1.73. The van der Waals surface area contributed by atoms with E-state index in [0.29, 0.717) is 11.3 Å². The highest BCUT2D eigenvalue weighted by molar-refractivity contribution is 5.92. The average molecular weight is 193 g/mol. The van der Waals surface area contributed by atoms with Crippen LogP contribution in [-0.4, -0.2) is 36.3 Å². The summed E-state index contributed by atoms with van der Waals surface area (Å²) in [5, 5.41) is 22.2. The first kappa shape index (κ1) is 8.42. The third kappa shape index (κ3) is 1.24. The molecule has 0 aliphatic carbocycles. The summed E-state index contributed by atoms with van der Waals surface area (Å²) < 4.78 is 1.57. The molecule has 0 unspecified atom stereocenters. The number of aromatic nitrogens is 5. The number of carboxylic acids is 1. The van der Waals surface area contributed by atoms with Crippen LogP contribution in [0.3, 0.4) is 0 Å². The van der Waals surface area contributed by atoms with E-state index in [1.165, 1.54) is 6.20 Å². The number of rotatable bonds is 2. The summed E-state index contributed by atoms with van der Waals surface area (Å²) in [6.45, 7) is 0. The molecule has 14 heavy (non-hydrogen) atoms. The summed E-state index contributed by atoms with van der Waals surface area (Å²) in [5.74, 6) is -1.11. The van der Waals surface area contributed by atoms with Gasteiger partial charge in [-0.15, -0.1) is 5.10 Å². The number of aromatic carboxylic acids is 1. The van der Waals surface area contributed by atoms with Crippen LogP contribution in [0.25, 0.3) is 11.3 Å². The number of aromatic amines is 1. The number of hydrogen-bond acceptors (Lipinski definition) is 4. The van der Waals surface area contributed by atoms with Crippen LogP contribution in [0.1, 0.15) is 10.5 Å². The van der Waals surface area contributed by atoms with Gasteiger partial charge in [-0.2, -0.15) is 15.4 Å². The van der Waals surface area contributed by atoms with Gasteiger partial charge in [-0.05, 0) is 0 Å². The molecular weight excluding hydrogens is 186 g/mol. The molecule has 0 amide bonds. The number of hydrogen-bond donors (Lipinski definition) is 2. The minimum atomic E-state index is -1.11. The summed E-state index contributed by atoms with van der Waals surface area (Å²) in [7, 11) is 1.74. The standard InChI is InChI=1S/C7H7N5O2/c1-12-3-4(2-8-12)5-6(7(13)14)10-11-9-5/h2-3H,1H3,(H,13,14)(H,9,10,11). The molecule has 2 N–H and O–H groups in total. The number of nitrogens with one attached hydrogen (secondary N) is 1. The van der Waals surface area contributed by atoms with Gasteiger partial charge in [-0.3, -0.25) is 4.68 Å². The Hall–Kier alpha value is -2.18. The number of aryl methyl sites for hydroxylation is 1.